The van der Waals surface area contributed by atoms with E-state index >= 15 is 0 Å². The van der Waals surface area contributed by atoms with E-state index in [-0.39, 0.29) is 25.2 Å². The second-order valence-electron chi connectivity index (χ2n) is 11.3. The van der Waals surface area contributed by atoms with Crippen LogP contribution in [0.25, 0.3) is 0 Å². The zero-order valence-electron chi connectivity index (χ0n) is 21.3. The van der Waals surface area contributed by atoms with Crippen molar-refractivity contribution in [3.63, 3.8) is 0 Å². The Labute approximate surface area is 216 Å². The van der Waals surface area contributed by atoms with E-state index in [1.54, 1.807) is 5.32 Å². The van der Waals surface area contributed by atoms with Gasteiger partial charge in [-0.2, -0.15) is 18.4 Å². The van der Waals surface area contributed by atoms with E-state index in [0.29, 0.717) is 19.4 Å². The number of piperidine rings is 3. The SMILES string of the molecule is CC(C)(C)[C@H](NC(=O)C(F)(F)F)C(=O)N1[C@H]2CC[C@@H]([C@H]1C(=O)N[C@@H](C#N)C[C@@H]1CCCNC1=O)C(F)(F)C2. The number of carbonyl (C=O) groups is 4. The Kier molecular flexibility index (Phi) is 8.29. The summed E-state index contributed by atoms with van der Waals surface area (Å²) in [6.45, 7) is 4.69. The van der Waals surface area contributed by atoms with E-state index < -0.39 is 77.7 Å². The van der Waals surface area contributed by atoms with Gasteiger partial charge in [0, 0.05) is 24.9 Å². The molecule has 0 aromatic heterocycles. The number of hydrogen-bond acceptors (Lipinski definition) is 5. The summed E-state index contributed by atoms with van der Waals surface area (Å²) in [5.41, 5.74) is -1.26. The van der Waals surface area contributed by atoms with Gasteiger partial charge in [0.25, 0.3) is 5.92 Å². The standard InChI is InChI=1S/C24H32F5N5O4/c1-22(2,3)17(33-21(38)24(27,28)29)20(37)34-14-6-7-15(23(25,26)10-14)16(34)19(36)32-13(11-30)9-12-5-4-8-31-18(12)35/h12-17H,4-10H2,1-3H3,(H,31,35)(H,32,36)(H,33,38)/t12-,13+,14-,15-,16-,17+/m0/s1. The number of halogens is 5. The molecule has 3 aliphatic heterocycles. The summed E-state index contributed by atoms with van der Waals surface area (Å²) in [4.78, 5) is 51.7. The number of amides is 4. The summed E-state index contributed by atoms with van der Waals surface area (Å²) < 4.78 is 68.9. The lowest BCUT2D eigenvalue weighted by atomic mass is 9.70. The fourth-order valence-corrected chi connectivity index (χ4v) is 5.58. The smallest absolute Gasteiger partial charge is 0.356 e. The van der Waals surface area contributed by atoms with Crippen molar-refractivity contribution in [2.24, 2.45) is 17.3 Å². The van der Waals surface area contributed by atoms with Gasteiger partial charge < -0.3 is 20.9 Å². The molecule has 3 saturated heterocycles. The van der Waals surface area contributed by atoms with Crippen LogP contribution in [0.5, 0.6) is 0 Å². The normalized spacial score (nSPS) is 28.5. The minimum absolute atomic E-state index is 0.0640. The van der Waals surface area contributed by atoms with E-state index in [9.17, 15) is 46.4 Å². The van der Waals surface area contributed by atoms with Gasteiger partial charge in [-0.3, -0.25) is 19.2 Å². The van der Waals surface area contributed by atoms with Gasteiger partial charge in [0.15, 0.2) is 0 Å². The quantitative estimate of drug-likeness (QED) is 0.437. The van der Waals surface area contributed by atoms with Gasteiger partial charge in [-0.1, -0.05) is 20.8 Å². The highest BCUT2D eigenvalue weighted by Crippen LogP contribution is 2.49. The first kappa shape index (κ1) is 29.6. The second-order valence-corrected chi connectivity index (χ2v) is 11.3. The van der Waals surface area contributed by atoms with E-state index in [4.69, 9.17) is 0 Å². The fourth-order valence-electron chi connectivity index (χ4n) is 5.58. The summed E-state index contributed by atoms with van der Waals surface area (Å²) in [5, 5.41) is 16.3. The molecule has 1 aliphatic carbocycles. The van der Waals surface area contributed by atoms with Crippen LogP contribution in [0, 0.1) is 28.6 Å². The molecule has 4 aliphatic rings. The number of nitriles is 1. The topological polar surface area (TPSA) is 131 Å². The minimum atomic E-state index is -5.29. The van der Waals surface area contributed by atoms with Crippen LogP contribution in [0.3, 0.4) is 0 Å². The Bertz CT molecular complexity index is 1010. The average molecular weight is 550 g/mol. The molecule has 38 heavy (non-hydrogen) atoms. The summed E-state index contributed by atoms with van der Waals surface area (Å²) in [5.74, 6) is -10.3. The van der Waals surface area contributed by atoms with Gasteiger partial charge in [-0.25, -0.2) is 8.78 Å². The monoisotopic (exact) mass is 549 g/mol. The highest BCUT2D eigenvalue weighted by molar-refractivity contribution is 5.94. The van der Waals surface area contributed by atoms with Crippen molar-refractivity contribution in [1.29, 1.82) is 5.26 Å². The number of carbonyl (C=O) groups excluding carboxylic acids is 4. The Morgan fingerprint density at radius 2 is 1.82 bits per heavy atom. The molecule has 4 rings (SSSR count). The lowest BCUT2D eigenvalue weighted by Gasteiger charge is -2.55. The maximum atomic E-state index is 14.9. The number of hydrogen-bond donors (Lipinski definition) is 3. The van der Waals surface area contributed by atoms with Gasteiger partial charge in [-0.05, 0) is 37.5 Å². The number of rotatable bonds is 6. The van der Waals surface area contributed by atoms with Gasteiger partial charge >= 0.3 is 12.1 Å². The third-order valence-electron chi connectivity index (χ3n) is 7.50. The van der Waals surface area contributed by atoms with Crippen LogP contribution < -0.4 is 16.0 Å². The zero-order chi connectivity index (χ0) is 28.6. The Balaban J connectivity index is 1.90. The molecule has 2 bridgehead atoms. The summed E-state index contributed by atoms with van der Waals surface area (Å²) in [6.07, 6.45) is -5.00. The Morgan fingerprint density at radius 3 is 2.34 bits per heavy atom. The van der Waals surface area contributed by atoms with Gasteiger partial charge in [0.1, 0.15) is 18.1 Å². The van der Waals surface area contributed by atoms with Crippen LogP contribution >= 0.6 is 0 Å². The van der Waals surface area contributed by atoms with Crippen molar-refractivity contribution in [3.05, 3.63) is 0 Å². The first-order valence-corrected chi connectivity index (χ1v) is 12.5. The highest BCUT2D eigenvalue weighted by atomic mass is 19.4. The molecule has 0 aromatic carbocycles. The fraction of sp³-hybridized carbons (Fsp3) is 0.792. The predicted molar refractivity (Wildman–Crippen MR) is 122 cm³/mol. The number of fused-ring (bicyclic) bond motifs is 3. The second kappa shape index (κ2) is 10.6. The molecule has 1 saturated carbocycles. The molecule has 14 heteroatoms. The molecule has 0 aromatic rings. The molecule has 3 N–H and O–H groups in total. The van der Waals surface area contributed by atoms with Crippen LogP contribution in [-0.4, -0.2) is 71.3 Å². The van der Waals surface area contributed by atoms with Crippen LogP contribution in [0.1, 0.15) is 59.3 Å². The molecule has 6 atom stereocenters. The highest BCUT2D eigenvalue weighted by Gasteiger charge is 2.61. The summed E-state index contributed by atoms with van der Waals surface area (Å²) in [7, 11) is 0. The van der Waals surface area contributed by atoms with Crippen molar-refractivity contribution in [2.45, 2.75) is 95.6 Å². The molecule has 0 unspecified atom stereocenters. The van der Waals surface area contributed by atoms with Crippen LogP contribution in [0.15, 0.2) is 0 Å². The summed E-state index contributed by atoms with van der Waals surface area (Å²) >= 11 is 0. The summed E-state index contributed by atoms with van der Waals surface area (Å²) in [6, 6.07) is -4.06. The van der Waals surface area contributed by atoms with Crippen LogP contribution in [0.4, 0.5) is 22.0 Å². The van der Waals surface area contributed by atoms with E-state index in [1.165, 1.54) is 20.8 Å². The first-order chi connectivity index (χ1) is 17.5. The zero-order valence-corrected chi connectivity index (χ0v) is 21.3. The maximum absolute atomic E-state index is 14.9. The van der Waals surface area contributed by atoms with Gasteiger partial charge in [-0.15, -0.1) is 0 Å². The van der Waals surface area contributed by atoms with E-state index in [1.807, 2.05) is 6.07 Å². The van der Waals surface area contributed by atoms with Crippen molar-refractivity contribution in [2.75, 3.05) is 6.54 Å². The van der Waals surface area contributed by atoms with Crippen molar-refractivity contribution < 1.29 is 41.1 Å². The van der Waals surface area contributed by atoms with Crippen molar-refractivity contribution in [1.82, 2.24) is 20.9 Å². The van der Waals surface area contributed by atoms with Crippen molar-refractivity contribution >= 4 is 23.6 Å². The van der Waals surface area contributed by atoms with Crippen LogP contribution in [-0.2, 0) is 19.2 Å². The molecular formula is C24H32F5N5O4. The van der Waals surface area contributed by atoms with Crippen LogP contribution in [0.2, 0.25) is 0 Å². The predicted octanol–water partition coefficient (Wildman–Crippen LogP) is 2.02. The van der Waals surface area contributed by atoms with Crippen molar-refractivity contribution in [3.8, 4) is 6.07 Å². The number of nitrogens with zero attached hydrogens (tertiary/aromatic N) is 2. The number of nitrogens with one attached hydrogen (secondary N) is 3. The molecule has 4 amide bonds. The Hall–Kier alpha value is -2.98. The average Bonchev–Trinajstić information content (AvgIpc) is 2.80. The Morgan fingerprint density at radius 1 is 1.16 bits per heavy atom. The first-order valence-electron chi connectivity index (χ1n) is 12.5. The maximum Gasteiger partial charge on any atom is 0.471 e. The molecule has 0 radical (unpaired) electrons. The molecular weight excluding hydrogens is 517 g/mol. The minimum Gasteiger partial charge on any atom is -0.356 e. The molecule has 0 spiro atoms. The van der Waals surface area contributed by atoms with E-state index in [0.717, 1.165) is 4.90 Å². The van der Waals surface area contributed by atoms with E-state index in [2.05, 4.69) is 10.6 Å². The molecule has 9 nitrogen and oxygen atoms in total. The number of alkyl halides is 5. The van der Waals surface area contributed by atoms with Gasteiger partial charge in [0.05, 0.1) is 12.0 Å². The third kappa shape index (κ3) is 6.18. The lowest BCUT2D eigenvalue weighted by Crippen LogP contribution is -2.71. The van der Waals surface area contributed by atoms with Gasteiger partial charge in [0.2, 0.25) is 17.7 Å². The largest absolute Gasteiger partial charge is 0.471 e. The molecule has 212 valence electrons. The molecule has 4 fully saturated rings. The molecule has 3 heterocycles. The lowest BCUT2D eigenvalue weighted by molar-refractivity contribution is -0.197. The third-order valence-corrected chi connectivity index (χ3v) is 7.50.